The van der Waals surface area contributed by atoms with Crippen LogP contribution in [0.4, 0.5) is 0 Å². The summed E-state index contributed by atoms with van der Waals surface area (Å²) in [4.78, 5) is 4.56. The highest BCUT2D eigenvalue weighted by molar-refractivity contribution is 9.09. The van der Waals surface area contributed by atoms with E-state index in [1.807, 2.05) is 0 Å². The van der Waals surface area contributed by atoms with E-state index in [4.69, 9.17) is 0 Å². The Morgan fingerprint density at radius 2 is 2.00 bits per heavy atom. The summed E-state index contributed by atoms with van der Waals surface area (Å²) < 4.78 is 0. The molecular weight excluding hydrogens is 306 g/mol. The van der Waals surface area contributed by atoms with Crippen LogP contribution in [0.25, 0.3) is 0 Å². The summed E-state index contributed by atoms with van der Waals surface area (Å²) in [5.41, 5.74) is 3.98. The highest BCUT2D eigenvalue weighted by atomic mass is 79.9. The number of nitrogens with zero attached hydrogens (tertiary/aromatic N) is 1. The maximum atomic E-state index is 4.56. The third-order valence-electron chi connectivity index (χ3n) is 3.12. The molecule has 0 saturated carbocycles. The SMILES string of the molecule is Cc1csc(CC(CBr)Cc2ccccc2C)n1. The zero-order chi connectivity index (χ0) is 13.0. The van der Waals surface area contributed by atoms with Crippen LogP contribution in [0, 0.1) is 19.8 Å². The number of aryl methyl sites for hydroxylation is 2. The van der Waals surface area contributed by atoms with Gasteiger partial charge in [0.1, 0.15) is 0 Å². The molecule has 1 nitrogen and oxygen atoms in total. The van der Waals surface area contributed by atoms with E-state index in [9.17, 15) is 0 Å². The first-order chi connectivity index (χ1) is 8.69. The minimum atomic E-state index is 0.622. The van der Waals surface area contributed by atoms with Gasteiger partial charge < -0.3 is 0 Å². The summed E-state index contributed by atoms with van der Waals surface area (Å²) in [6.45, 7) is 4.25. The zero-order valence-corrected chi connectivity index (χ0v) is 13.2. The molecule has 1 atom stereocenters. The lowest BCUT2D eigenvalue weighted by Gasteiger charge is -2.14. The predicted molar refractivity (Wildman–Crippen MR) is 82.7 cm³/mol. The average Bonchev–Trinajstić information content (AvgIpc) is 2.76. The minimum Gasteiger partial charge on any atom is -0.247 e. The molecule has 18 heavy (non-hydrogen) atoms. The molecule has 96 valence electrons. The van der Waals surface area contributed by atoms with Crippen LogP contribution in [0.5, 0.6) is 0 Å². The Labute approximate surface area is 121 Å². The quantitative estimate of drug-likeness (QED) is 0.735. The fraction of sp³-hybridized carbons (Fsp3) is 0.400. The Balaban J connectivity index is 2.04. The zero-order valence-electron chi connectivity index (χ0n) is 10.8. The van der Waals surface area contributed by atoms with Crippen molar-refractivity contribution in [2.45, 2.75) is 26.7 Å². The van der Waals surface area contributed by atoms with Gasteiger partial charge in [0.05, 0.1) is 5.01 Å². The number of hydrogen-bond donors (Lipinski definition) is 0. The normalized spacial score (nSPS) is 12.6. The van der Waals surface area contributed by atoms with Crippen molar-refractivity contribution in [2.75, 3.05) is 5.33 Å². The standard InChI is InChI=1S/C15H18BrNS/c1-11-5-3-4-6-14(11)7-13(9-16)8-15-17-12(2)10-18-15/h3-6,10,13H,7-9H2,1-2H3. The van der Waals surface area contributed by atoms with E-state index in [1.54, 1.807) is 11.3 Å². The molecule has 0 radical (unpaired) electrons. The van der Waals surface area contributed by atoms with Crippen LogP contribution in [0.15, 0.2) is 29.6 Å². The van der Waals surface area contributed by atoms with Gasteiger partial charge in [-0.1, -0.05) is 40.2 Å². The molecule has 0 amide bonds. The van der Waals surface area contributed by atoms with E-state index in [2.05, 4.69) is 64.4 Å². The minimum absolute atomic E-state index is 0.622. The van der Waals surface area contributed by atoms with Gasteiger partial charge in [-0.05, 0) is 37.3 Å². The second-order valence-corrected chi connectivity index (χ2v) is 6.33. The van der Waals surface area contributed by atoms with E-state index in [1.165, 1.54) is 16.1 Å². The van der Waals surface area contributed by atoms with Crippen LogP contribution < -0.4 is 0 Å². The van der Waals surface area contributed by atoms with Gasteiger partial charge >= 0.3 is 0 Å². The molecule has 2 aromatic rings. The van der Waals surface area contributed by atoms with E-state index in [0.717, 1.165) is 23.9 Å². The molecule has 1 heterocycles. The monoisotopic (exact) mass is 323 g/mol. The smallest absolute Gasteiger partial charge is 0.0931 e. The van der Waals surface area contributed by atoms with Gasteiger partial charge in [0.2, 0.25) is 0 Å². The third kappa shape index (κ3) is 3.66. The molecule has 0 aliphatic heterocycles. The fourth-order valence-electron chi connectivity index (χ4n) is 2.07. The van der Waals surface area contributed by atoms with Crippen LogP contribution in [0.2, 0.25) is 0 Å². The van der Waals surface area contributed by atoms with Crippen LogP contribution in [-0.4, -0.2) is 10.3 Å². The number of halogens is 1. The van der Waals surface area contributed by atoms with Crippen LogP contribution in [0.1, 0.15) is 21.8 Å². The summed E-state index contributed by atoms with van der Waals surface area (Å²) in [6.07, 6.45) is 2.19. The molecule has 0 saturated heterocycles. The van der Waals surface area contributed by atoms with E-state index < -0.39 is 0 Å². The maximum Gasteiger partial charge on any atom is 0.0931 e. The van der Waals surface area contributed by atoms with Crippen molar-refractivity contribution in [1.82, 2.24) is 4.98 Å². The Morgan fingerprint density at radius 1 is 1.22 bits per heavy atom. The Kier molecular flexibility index (Phi) is 4.95. The molecule has 3 heteroatoms. The molecule has 0 aliphatic rings. The fourth-order valence-corrected chi connectivity index (χ4v) is 3.42. The number of alkyl halides is 1. The number of hydrogen-bond acceptors (Lipinski definition) is 2. The van der Waals surface area contributed by atoms with Crippen molar-refractivity contribution < 1.29 is 0 Å². The van der Waals surface area contributed by atoms with E-state index in [-0.39, 0.29) is 0 Å². The first-order valence-electron chi connectivity index (χ1n) is 6.20. The Bertz CT molecular complexity index is 507. The number of aromatic nitrogens is 1. The first kappa shape index (κ1) is 13.8. The summed E-state index contributed by atoms with van der Waals surface area (Å²) in [7, 11) is 0. The molecule has 0 N–H and O–H groups in total. The summed E-state index contributed by atoms with van der Waals surface area (Å²) in [6, 6.07) is 8.65. The van der Waals surface area contributed by atoms with Crippen molar-refractivity contribution in [2.24, 2.45) is 5.92 Å². The highest BCUT2D eigenvalue weighted by Gasteiger charge is 2.12. The molecule has 0 fully saturated rings. The molecule has 0 aliphatic carbocycles. The topological polar surface area (TPSA) is 12.9 Å². The Hall–Kier alpha value is -0.670. The lowest BCUT2D eigenvalue weighted by Crippen LogP contribution is -2.10. The molecule has 0 bridgehead atoms. The summed E-state index contributed by atoms with van der Waals surface area (Å²) in [5.74, 6) is 0.622. The number of rotatable bonds is 5. The first-order valence-corrected chi connectivity index (χ1v) is 8.20. The molecule has 1 aromatic carbocycles. The summed E-state index contributed by atoms with van der Waals surface area (Å²) in [5, 5.41) is 4.42. The Morgan fingerprint density at radius 3 is 2.61 bits per heavy atom. The highest BCUT2D eigenvalue weighted by Crippen LogP contribution is 2.21. The van der Waals surface area contributed by atoms with Crippen molar-refractivity contribution in [1.29, 1.82) is 0 Å². The van der Waals surface area contributed by atoms with Crippen molar-refractivity contribution in [3.63, 3.8) is 0 Å². The van der Waals surface area contributed by atoms with Gasteiger partial charge in [0.15, 0.2) is 0 Å². The largest absolute Gasteiger partial charge is 0.247 e. The molecule has 0 spiro atoms. The van der Waals surface area contributed by atoms with Gasteiger partial charge in [-0.25, -0.2) is 4.98 Å². The number of benzene rings is 1. The molecule has 1 aromatic heterocycles. The summed E-state index contributed by atoms with van der Waals surface area (Å²) >= 11 is 5.42. The van der Waals surface area contributed by atoms with Gasteiger partial charge in [-0.2, -0.15) is 0 Å². The second kappa shape index (κ2) is 6.48. The van der Waals surface area contributed by atoms with E-state index >= 15 is 0 Å². The van der Waals surface area contributed by atoms with Gasteiger partial charge in [-0.15, -0.1) is 11.3 Å². The molecule has 1 unspecified atom stereocenters. The molecular formula is C15H18BrNS. The van der Waals surface area contributed by atoms with E-state index in [0.29, 0.717) is 5.92 Å². The van der Waals surface area contributed by atoms with Crippen LogP contribution in [0.3, 0.4) is 0 Å². The van der Waals surface area contributed by atoms with Gasteiger partial charge in [0, 0.05) is 22.8 Å². The van der Waals surface area contributed by atoms with Gasteiger partial charge in [-0.3, -0.25) is 0 Å². The third-order valence-corrected chi connectivity index (χ3v) is 5.02. The van der Waals surface area contributed by atoms with Crippen LogP contribution >= 0.6 is 27.3 Å². The van der Waals surface area contributed by atoms with Gasteiger partial charge in [0.25, 0.3) is 0 Å². The lowest BCUT2D eigenvalue weighted by molar-refractivity contribution is 0.587. The second-order valence-electron chi connectivity index (χ2n) is 4.74. The van der Waals surface area contributed by atoms with Crippen molar-refractivity contribution in [3.8, 4) is 0 Å². The number of thiazole rings is 1. The van der Waals surface area contributed by atoms with Crippen molar-refractivity contribution >= 4 is 27.3 Å². The predicted octanol–water partition coefficient (Wildman–Crippen LogP) is 4.56. The van der Waals surface area contributed by atoms with Crippen molar-refractivity contribution in [3.05, 3.63) is 51.5 Å². The maximum absolute atomic E-state index is 4.56. The molecule has 2 rings (SSSR count). The van der Waals surface area contributed by atoms with Crippen LogP contribution in [-0.2, 0) is 12.8 Å². The average molecular weight is 324 g/mol. The lowest BCUT2D eigenvalue weighted by atomic mass is 9.95.